The topological polar surface area (TPSA) is 20.2 Å². The minimum Gasteiger partial charge on any atom is -0.507 e. The van der Waals surface area contributed by atoms with Gasteiger partial charge >= 0.3 is 6.18 Å². The van der Waals surface area contributed by atoms with Gasteiger partial charge in [-0.05, 0) is 40.1 Å². The Morgan fingerprint density at radius 1 is 0.971 bits per heavy atom. The largest absolute Gasteiger partial charge is 0.507 e. The Kier molecular flexibility index (Phi) is 8.97. The Morgan fingerprint density at radius 3 is 2.03 bits per heavy atom. The summed E-state index contributed by atoms with van der Waals surface area (Å²) in [6.45, 7) is 21.1. The van der Waals surface area contributed by atoms with Crippen LogP contribution in [-0.4, -0.2) is 5.11 Å². The van der Waals surface area contributed by atoms with Crippen molar-refractivity contribution >= 4 is 13.9 Å². The molecule has 2 aromatic rings. The van der Waals surface area contributed by atoms with Crippen LogP contribution in [-0.2, 0) is 22.2 Å². The highest BCUT2D eigenvalue weighted by Gasteiger charge is 2.40. The van der Waals surface area contributed by atoms with Crippen LogP contribution in [0.3, 0.4) is 0 Å². The molecule has 0 radical (unpaired) electrons. The summed E-state index contributed by atoms with van der Waals surface area (Å²) in [5.74, 6) is 0.499. The summed E-state index contributed by atoms with van der Waals surface area (Å²) in [7, 11) is -0.232. The predicted molar refractivity (Wildman–Crippen MR) is 145 cm³/mol. The van der Waals surface area contributed by atoms with E-state index in [2.05, 4.69) is 61.1 Å². The molecule has 0 saturated carbocycles. The fraction of sp³-hybridized carbons (Fsp3) is 0.533. The van der Waals surface area contributed by atoms with Gasteiger partial charge < -0.3 is 5.11 Å². The lowest BCUT2D eigenvalue weighted by Crippen LogP contribution is -2.30. The molecule has 0 aromatic heterocycles. The number of aromatic hydroxyl groups is 1. The first kappa shape index (κ1) is 29.4. The number of phenols is 1. The summed E-state index contributed by atoms with van der Waals surface area (Å²) in [5, 5.41) is 11.2. The van der Waals surface area contributed by atoms with Crippen molar-refractivity contribution in [2.45, 2.75) is 96.8 Å². The minimum absolute atomic E-state index is 0.185. The summed E-state index contributed by atoms with van der Waals surface area (Å²) >= 11 is 0. The van der Waals surface area contributed by atoms with Gasteiger partial charge in [0, 0.05) is 16.3 Å². The monoisotopic (exact) mass is 506 g/mol. The van der Waals surface area contributed by atoms with Crippen molar-refractivity contribution in [3.05, 3.63) is 71.3 Å². The van der Waals surface area contributed by atoms with E-state index in [4.69, 9.17) is 0 Å². The Hall–Kier alpha value is -1.80. The second-order valence-corrected chi connectivity index (χ2v) is 13.0. The molecule has 0 spiro atoms. The Morgan fingerprint density at radius 2 is 1.54 bits per heavy atom. The quantitative estimate of drug-likeness (QED) is 0.265. The Balaban J connectivity index is 2.86. The van der Waals surface area contributed by atoms with E-state index >= 15 is 0 Å². The zero-order chi connectivity index (χ0) is 26.8. The van der Waals surface area contributed by atoms with Crippen molar-refractivity contribution in [1.29, 1.82) is 0 Å². The van der Waals surface area contributed by atoms with Crippen LogP contribution >= 0.6 is 8.58 Å². The van der Waals surface area contributed by atoms with Crippen LogP contribution in [0, 0.1) is 5.92 Å². The van der Waals surface area contributed by atoms with E-state index < -0.39 is 16.9 Å². The number of benzene rings is 2. The third-order valence-electron chi connectivity index (χ3n) is 7.60. The normalized spacial score (nSPS) is 15.9. The molecule has 194 valence electrons. The molecule has 5 heteroatoms. The fourth-order valence-corrected chi connectivity index (χ4v) is 6.31. The van der Waals surface area contributed by atoms with Crippen LogP contribution in [0.5, 0.6) is 5.75 Å². The van der Waals surface area contributed by atoms with Crippen LogP contribution in [0.4, 0.5) is 13.2 Å². The number of hydrogen-bond donors (Lipinski definition) is 1. The highest BCUT2D eigenvalue weighted by molar-refractivity contribution is 7.49. The van der Waals surface area contributed by atoms with Crippen LogP contribution in [0.2, 0.25) is 0 Å². The number of rotatable bonds is 9. The molecule has 0 saturated heterocycles. The van der Waals surface area contributed by atoms with Crippen molar-refractivity contribution in [3.63, 3.8) is 0 Å². The fourth-order valence-electron chi connectivity index (χ4n) is 4.69. The van der Waals surface area contributed by atoms with Crippen LogP contribution < -0.4 is 5.30 Å². The van der Waals surface area contributed by atoms with Crippen molar-refractivity contribution < 1.29 is 18.3 Å². The molecule has 1 nitrogen and oxygen atoms in total. The first-order valence-electron chi connectivity index (χ1n) is 12.5. The van der Waals surface area contributed by atoms with Gasteiger partial charge in [-0.25, -0.2) is 0 Å². The number of halogens is 3. The summed E-state index contributed by atoms with van der Waals surface area (Å²) in [4.78, 5) is 0. The first-order valence-corrected chi connectivity index (χ1v) is 13.5. The molecule has 35 heavy (non-hydrogen) atoms. The van der Waals surface area contributed by atoms with E-state index in [1.165, 1.54) is 6.07 Å². The minimum atomic E-state index is -4.44. The lowest BCUT2D eigenvalue weighted by molar-refractivity contribution is -0.136. The average molecular weight is 507 g/mol. The smallest absolute Gasteiger partial charge is 0.417 e. The van der Waals surface area contributed by atoms with Gasteiger partial charge in [-0.3, -0.25) is 0 Å². The molecule has 0 aliphatic rings. The molecule has 1 N–H and O–H groups in total. The van der Waals surface area contributed by atoms with Crippen molar-refractivity contribution in [2.75, 3.05) is 0 Å². The SMILES string of the molecule is C=CC(CC)(Pc1ccccc1C(F)(F)F)c1cc(C(C)(C)C)cc(C(C)(C)C(C)CCC)c1O. The van der Waals surface area contributed by atoms with E-state index in [0.717, 1.165) is 30.0 Å². The summed E-state index contributed by atoms with van der Waals surface area (Å²) in [6.07, 6.45) is -0.123. The molecule has 0 aliphatic carbocycles. The molecule has 3 atom stereocenters. The lowest BCUT2D eigenvalue weighted by Gasteiger charge is -2.38. The third kappa shape index (κ3) is 6.13. The Bertz CT molecular complexity index is 1030. The highest BCUT2D eigenvalue weighted by atomic mass is 31.1. The number of allylic oxidation sites excluding steroid dienone is 1. The highest BCUT2D eigenvalue weighted by Crippen LogP contribution is 2.53. The molecule has 0 bridgehead atoms. The van der Waals surface area contributed by atoms with Gasteiger partial charge in [-0.1, -0.05) is 113 Å². The van der Waals surface area contributed by atoms with Gasteiger partial charge in [0.1, 0.15) is 5.75 Å². The maximum absolute atomic E-state index is 13.8. The Labute approximate surface area is 212 Å². The zero-order valence-electron chi connectivity index (χ0n) is 22.5. The standard InChI is InChI=1S/C30H42F3OP/c1-10-15-20(4)28(8,9)23-18-21(27(5,6)7)19-24(26(23)34)29(11-2,12-3)35-25-17-14-13-16-22(25)30(31,32)33/h11,13-14,16-20,34-35H,2,10,12,15H2,1,3-9H3. The molecule has 2 rings (SSSR count). The van der Waals surface area contributed by atoms with Gasteiger partial charge in [-0.2, -0.15) is 13.2 Å². The average Bonchev–Trinajstić information content (AvgIpc) is 2.76. The number of alkyl halides is 3. The molecule has 3 unspecified atom stereocenters. The van der Waals surface area contributed by atoms with Gasteiger partial charge in [0.2, 0.25) is 0 Å². The van der Waals surface area contributed by atoms with E-state index in [0.29, 0.717) is 17.9 Å². The summed E-state index contributed by atoms with van der Waals surface area (Å²) in [5.41, 5.74) is 1.45. The molecule has 0 fully saturated rings. The zero-order valence-corrected chi connectivity index (χ0v) is 23.5. The second kappa shape index (κ2) is 10.7. The molecular weight excluding hydrogens is 464 g/mol. The number of hydrogen-bond acceptors (Lipinski definition) is 1. The van der Waals surface area contributed by atoms with Gasteiger partial charge in [0.05, 0.1) is 5.56 Å². The van der Waals surface area contributed by atoms with Crippen molar-refractivity contribution in [3.8, 4) is 5.75 Å². The lowest BCUT2D eigenvalue weighted by atomic mass is 9.69. The first-order chi connectivity index (χ1) is 16.0. The summed E-state index contributed by atoms with van der Waals surface area (Å²) < 4.78 is 41.5. The predicted octanol–water partition coefficient (Wildman–Crippen LogP) is 9.22. The van der Waals surface area contributed by atoms with Gasteiger partial charge in [0.15, 0.2) is 0 Å². The van der Waals surface area contributed by atoms with E-state index in [-0.39, 0.29) is 30.5 Å². The van der Waals surface area contributed by atoms with Crippen LogP contribution in [0.1, 0.15) is 96.9 Å². The second-order valence-electron chi connectivity index (χ2n) is 11.3. The maximum Gasteiger partial charge on any atom is 0.417 e. The van der Waals surface area contributed by atoms with E-state index in [1.54, 1.807) is 18.2 Å². The van der Waals surface area contributed by atoms with Gasteiger partial charge in [-0.15, -0.1) is 6.58 Å². The van der Waals surface area contributed by atoms with Gasteiger partial charge in [0.25, 0.3) is 0 Å². The van der Waals surface area contributed by atoms with Crippen LogP contribution in [0.15, 0.2) is 49.1 Å². The van der Waals surface area contributed by atoms with Crippen LogP contribution in [0.25, 0.3) is 0 Å². The van der Waals surface area contributed by atoms with E-state index in [9.17, 15) is 18.3 Å². The molecule has 0 heterocycles. The van der Waals surface area contributed by atoms with Crippen molar-refractivity contribution in [2.24, 2.45) is 5.92 Å². The van der Waals surface area contributed by atoms with Crippen molar-refractivity contribution in [1.82, 2.24) is 0 Å². The third-order valence-corrected chi connectivity index (χ3v) is 9.58. The summed E-state index contributed by atoms with van der Waals surface area (Å²) in [6, 6.07) is 9.85. The van der Waals surface area contributed by atoms with E-state index in [1.807, 2.05) is 13.0 Å². The molecule has 2 aromatic carbocycles. The number of phenolic OH excluding ortho intramolecular Hbond substituents is 1. The molecular formula is C30H42F3OP. The molecule has 0 aliphatic heterocycles. The maximum atomic E-state index is 13.8. The molecule has 0 amide bonds.